The summed E-state index contributed by atoms with van der Waals surface area (Å²) in [6.07, 6.45) is 1.57. The quantitative estimate of drug-likeness (QED) is 0.829. The van der Waals surface area contributed by atoms with E-state index in [0.717, 1.165) is 18.2 Å². The van der Waals surface area contributed by atoms with Crippen molar-refractivity contribution in [3.05, 3.63) is 59.9 Å². The van der Waals surface area contributed by atoms with Gasteiger partial charge in [0.15, 0.2) is 0 Å². The van der Waals surface area contributed by atoms with E-state index in [1.54, 1.807) is 24.4 Å². The Labute approximate surface area is 102 Å². The van der Waals surface area contributed by atoms with Crippen molar-refractivity contribution in [1.29, 1.82) is 0 Å². The molecule has 0 spiro atoms. The number of aromatic nitrogens is 1. The molecule has 0 amide bonds. The number of nitrogens with one attached hydrogen (secondary N) is 1. The smallest absolute Gasteiger partial charge is 0.146 e. The molecule has 0 atom stereocenters. The molecule has 5 heteroatoms. The minimum atomic E-state index is -0.565. The third-order valence-corrected chi connectivity index (χ3v) is 2.39. The van der Waals surface area contributed by atoms with Crippen LogP contribution in [0.3, 0.4) is 0 Å². The lowest BCUT2D eigenvalue weighted by molar-refractivity contribution is 0.604. The first kappa shape index (κ1) is 11.6. The van der Waals surface area contributed by atoms with Gasteiger partial charge in [0.25, 0.3) is 0 Å². The molecule has 0 fully saturated rings. The summed E-state index contributed by atoms with van der Waals surface area (Å²) in [6, 6.07) is 8.33. The molecular weight excluding hydrogens is 242 g/mol. The van der Waals surface area contributed by atoms with Crippen molar-refractivity contribution in [2.75, 3.05) is 5.32 Å². The molecule has 0 bridgehead atoms. The van der Waals surface area contributed by atoms with Crippen molar-refractivity contribution in [2.24, 2.45) is 0 Å². The van der Waals surface area contributed by atoms with Crippen molar-refractivity contribution in [3.8, 4) is 0 Å². The van der Waals surface area contributed by atoms with Crippen molar-refractivity contribution >= 4 is 22.9 Å². The predicted octanol–water partition coefficient (Wildman–Crippen LogP) is 3.15. The summed E-state index contributed by atoms with van der Waals surface area (Å²) < 4.78 is 26.3. The lowest BCUT2D eigenvalue weighted by Crippen LogP contribution is -2.13. The van der Waals surface area contributed by atoms with Crippen LogP contribution in [0, 0.1) is 11.6 Å². The minimum absolute atomic E-state index is 0.000605. The highest BCUT2D eigenvalue weighted by Gasteiger charge is 2.07. The molecular formula is C12H8F2N2S. The molecule has 0 aliphatic heterocycles. The van der Waals surface area contributed by atoms with E-state index >= 15 is 0 Å². The average molecular weight is 250 g/mol. The Balaban J connectivity index is 2.22. The summed E-state index contributed by atoms with van der Waals surface area (Å²) in [4.78, 5) is 4.25. The van der Waals surface area contributed by atoms with Crippen LogP contribution in [0.2, 0.25) is 0 Å². The number of hydrogen-bond acceptors (Lipinski definition) is 2. The molecule has 0 unspecified atom stereocenters. The molecule has 2 nitrogen and oxygen atoms in total. The first-order valence-electron chi connectivity index (χ1n) is 4.84. The molecule has 0 saturated heterocycles. The van der Waals surface area contributed by atoms with Gasteiger partial charge in [-0.2, -0.15) is 0 Å². The Morgan fingerprint density at radius 3 is 2.71 bits per heavy atom. The van der Waals surface area contributed by atoms with Crippen molar-refractivity contribution < 1.29 is 8.78 Å². The topological polar surface area (TPSA) is 24.9 Å². The highest BCUT2D eigenvalue weighted by molar-refractivity contribution is 7.81. The van der Waals surface area contributed by atoms with Gasteiger partial charge in [-0.3, -0.25) is 4.98 Å². The maximum absolute atomic E-state index is 13.3. The second kappa shape index (κ2) is 4.97. The predicted molar refractivity (Wildman–Crippen MR) is 65.9 cm³/mol. The Morgan fingerprint density at radius 2 is 2.00 bits per heavy atom. The standard InChI is InChI=1S/C12H8F2N2S/c13-8-4-5-9(14)11(7-8)16-12(17)10-3-1-2-6-15-10/h1-7H,(H,16,17). The van der Waals surface area contributed by atoms with E-state index in [1.807, 2.05) is 0 Å². The van der Waals surface area contributed by atoms with Gasteiger partial charge >= 0.3 is 0 Å². The van der Waals surface area contributed by atoms with Crippen LogP contribution < -0.4 is 5.32 Å². The number of rotatable bonds is 2. The summed E-state index contributed by atoms with van der Waals surface area (Å²) in [5.74, 6) is -1.09. The summed E-state index contributed by atoms with van der Waals surface area (Å²) >= 11 is 5.04. The van der Waals surface area contributed by atoms with Gasteiger partial charge in [-0.05, 0) is 24.3 Å². The van der Waals surface area contributed by atoms with E-state index < -0.39 is 11.6 Å². The maximum Gasteiger partial charge on any atom is 0.146 e. The van der Waals surface area contributed by atoms with Crippen LogP contribution in [-0.2, 0) is 0 Å². The average Bonchev–Trinajstić information content (AvgIpc) is 2.35. The van der Waals surface area contributed by atoms with Gasteiger partial charge < -0.3 is 5.32 Å². The van der Waals surface area contributed by atoms with Gasteiger partial charge in [0, 0.05) is 12.3 Å². The lowest BCUT2D eigenvalue weighted by atomic mass is 10.3. The summed E-state index contributed by atoms with van der Waals surface area (Å²) in [6.45, 7) is 0. The maximum atomic E-state index is 13.3. The van der Waals surface area contributed by atoms with E-state index in [2.05, 4.69) is 10.3 Å². The first-order valence-corrected chi connectivity index (χ1v) is 5.25. The number of halogens is 2. The normalized spacial score (nSPS) is 10.0. The van der Waals surface area contributed by atoms with Gasteiger partial charge in [0.05, 0.1) is 11.4 Å². The number of pyridine rings is 1. The summed E-state index contributed by atoms with van der Waals surface area (Å²) in [5.41, 5.74) is 0.506. The molecule has 86 valence electrons. The minimum Gasteiger partial charge on any atom is -0.342 e. The molecule has 1 heterocycles. The molecule has 0 radical (unpaired) electrons. The summed E-state index contributed by atoms with van der Waals surface area (Å²) in [7, 11) is 0. The molecule has 0 aliphatic rings. The highest BCUT2D eigenvalue weighted by atomic mass is 32.1. The van der Waals surface area contributed by atoms with E-state index in [0.29, 0.717) is 5.69 Å². The zero-order chi connectivity index (χ0) is 12.3. The molecule has 1 N–H and O–H groups in total. The molecule has 17 heavy (non-hydrogen) atoms. The molecule has 0 aliphatic carbocycles. The second-order valence-electron chi connectivity index (χ2n) is 3.29. The zero-order valence-corrected chi connectivity index (χ0v) is 9.47. The van der Waals surface area contributed by atoms with Gasteiger partial charge in [-0.15, -0.1) is 0 Å². The van der Waals surface area contributed by atoms with Gasteiger partial charge in [-0.1, -0.05) is 18.3 Å². The second-order valence-corrected chi connectivity index (χ2v) is 3.70. The van der Waals surface area contributed by atoms with Crippen LogP contribution in [-0.4, -0.2) is 9.97 Å². The van der Waals surface area contributed by atoms with E-state index in [4.69, 9.17) is 12.2 Å². The Bertz CT molecular complexity index is 543. The van der Waals surface area contributed by atoms with Crippen LogP contribution >= 0.6 is 12.2 Å². The van der Waals surface area contributed by atoms with Gasteiger partial charge in [-0.25, -0.2) is 8.78 Å². The van der Waals surface area contributed by atoms with Crippen LogP contribution in [0.4, 0.5) is 14.5 Å². The fourth-order valence-electron chi connectivity index (χ4n) is 1.28. The van der Waals surface area contributed by atoms with Crippen LogP contribution in [0.5, 0.6) is 0 Å². The number of thiocarbonyl (C=S) groups is 1. The zero-order valence-electron chi connectivity index (χ0n) is 8.65. The van der Waals surface area contributed by atoms with Crippen LogP contribution in [0.1, 0.15) is 5.69 Å². The van der Waals surface area contributed by atoms with Crippen molar-refractivity contribution in [2.45, 2.75) is 0 Å². The molecule has 1 aromatic carbocycles. The Hall–Kier alpha value is -1.88. The SMILES string of the molecule is Fc1ccc(F)c(NC(=S)c2ccccn2)c1. The molecule has 2 rings (SSSR count). The molecule has 0 saturated carbocycles. The van der Waals surface area contributed by atoms with Crippen molar-refractivity contribution in [1.82, 2.24) is 4.98 Å². The van der Waals surface area contributed by atoms with Gasteiger partial charge in [0.1, 0.15) is 16.6 Å². The van der Waals surface area contributed by atoms with E-state index in [-0.39, 0.29) is 10.7 Å². The number of anilines is 1. The molecule has 2 aromatic rings. The fourth-order valence-corrected chi connectivity index (χ4v) is 1.51. The van der Waals surface area contributed by atoms with Crippen LogP contribution in [0.25, 0.3) is 0 Å². The van der Waals surface area contributed by atoms with Crippen LogP contribution in [0.15, 0.2) is 42.6 Å². The number of hydrogen-bond donors (Lipinski definition) is 1. The number of nitrogens with zero attached hydrogens (tertiary/aromatic N) is 1. The Kier molecular flexibility index (Phi) is 3.39. The Morgan fingerprint density at radius 1 is 1.18 bits per heavy atom. The summed E-state index contributed by atoms with van der Waals surface area (Å²) in [5, 5.41) is 2.62. The van der Waals surface area contributed by atoms with E-state index in [1.165, 1.54) is 0 Å². The monoisotopic (exact) mass is 250 g/mol. The fraction of sp³-hybridized carbons (Fsp3) is 0. The lowest BCUT2D eigenvalue weighted by Gasteiger charge is -2.08. The highest BCUT2D eigenvalue weighted by Crippen LogP contribution is 2.16. The van der Waals surface area contributed by atoms with E-state index in [9.17, 15) is 8.78 Å². The largest absolute Gasteiger partial charge is 0.342 e. The first-order chi connectivity index (χ1) is 8.16. The third kappa shape index (κ3) is 2.82. The third-order valence-electron chi connectivity index (χ3n) is 2.07. The van der Waals surface area contributed by atoms with Crippen molar-refractivity contribution in [3.63, 3.8) is 0 Å². The molecule has 1 aromatic heterocycles. The number of benzene rings is 1. The van der Waals surface area contributed by atoms with Gasteiger partial charge in [0.2, 0.25) is 0 Å².